The number of ketones is 1. The molecule has 0 fully saturated rings. The summed E-state index contributed by atoms with van der Waals surface area (Å²) in [7, 11) is 1.58. The van der Waals surface area contributed by atoms with Gasteiger partial charge in [-0.05, 0) is 24.6 Å². The van der Waals surface area contributed by atoms with Crippen molar-refractivity contribution in [3.05, 3.63) is 64.2 Å². The van der Waals surface area contributed by atoms with Crippen molar-refractivity contribution in [1.29, 1.82) is 0 Å². The minimum atomic E-state index is -0.444. The molecule has 2 unspecified atom stereocenters. The fourth-order valence-electron chi connectivity index (χ4n) is 2.47. The van der Waals surface area contributed by atoms with Crippen LogP contribution in [0, 0.1) is 16.0 Å². The number of methoxy groups -OCH3 is 1. The van der Waals surface area contributed by atoms with Gasteiger partial charge in [-0.25, -0.2) is 0 Å². The van der Waals surface area contributed by atoms with E-state index in [0.29, 0.717) is 5.75 Å². The molecule has 6 heteroatoms. The summed E-state index contributed by atoms with van der Waals surface area (Å²) in [4.78, 5) is 22.3. The van der Waals surface area contributed by atoms with Crippen molar-refractivity contribution in [2.45, 2.75) is 19.9 Å². The molecule has 0 saturated heterocycles. The van der Waals surface area contributed by atoms with E-state index in [2.05, 4.69) is 5.32 Å². The number of rotatable bonds is 7. The zero-order chi connectivity index (χ0) is 17.7. The van der Waals surface area contributed by atoms with Gasteiger partial charge in [-0.1, -0.05) is 31.2 Å². The molecule has 1 N–H and O–H groups in total. The lowest BCUT2D eigenvalue weighted by molar-refractivity contribution is -0.384. The summed E-state index contributed by atoms with van der Waals surface area (Å²) < 4.78 is 5.34. The van der Waals surface area contributed by atoms with Gasteiger partial charge in [0.25, 0.3) is 5.69 Å². The number of nitrogens with zero attached hydrogens (tertiary/aromatic N) is 1. The van der Waals surface area contributed by atoms with Crippen molar-refractivity contribution in [2.75, 3.05) is 12.4 Å². The third-order valence-corrected chi connectivity index (χ3v) is 4.02. The molecule has 2 rings (SSSR count). The fourth-order valence-corrected chi connectivity index (χ4v) is 2.47. The van der Waals surface area contributed by atoms with Crippen LogP contribution in [0.15, 0.2) is 48.5 Å². The van der Waals surface area contributed by atoms with Crippen LogP contribution in [0.2, 0.25) is 0 Å². The maximum Gasteiger partial charge on any atom is 0.269 e. The molecule has 0 aliphatic rings. The van der Waals surface area contributed by atoms with Crippen LogP contribution in [0.5, 0.6) is 5.75 Å². The first-order valence-corrected chi connectivity index (χ1v) is 7.58. The summed E-state index contributed by atoms with van der Waals surface area (Å²) in [5.41, 5.74) is 1.58. The summed E-state index contributed by atoms with van der Waals surface area (Å²) in [6, 6.07) is 13.3. The van der Waals surface area contributed by atoms with E-state index in [0.717, 1.165) is 11.3 Å². The number of Topliss-reactive ketones (excluding diaryl/α,β-unsaturated/α-hetero) is 1. The van der Waals surface area contributed by atoms with Gasteiger partial charge in [0.1, 0.15) is 11.5 Å². The molecule has 0 heterocycles. The van der Waals surface area contributed by atoms with Gasteiger partial charge in [0.05, 0.1) is 23.8 Å². The second kappa shape index (κ2) is 7.59. The van der Waals surface area contributed by atoms with Gasteiger partial charge in [-0.3, -0.25) is 14.9 Å². The van der Waals surface area contributed by atoms with Gasteiger partial charge in [0.15, 0.2) is 0 Å². The maximum absolute atomic E-state index is 11.9. The van der Waals surface area contributed by atoms with Crippen molar-refractivity contribution < 1.29 is 14.5 Å². The number of benzene rings is 2. The minimum absolute atomic E-state index is 0.0188. The zero-order valence-corrected chi connectivity index (χ0v) is 13.9. The number of para-hydroxylation sites is 2. The molecule has 6 nitrogen and oxygen atoms in total. The average Bonchev–Trinajstić information content (AvgIpc) is 2.59. The van der Waals surface area contributed by atoms with E-state index in [4.69, 9.17) is 4.74 Å². The maximum atomic E-state index is 11.9. The first kappa shape index (κ1) is 17.5. The Bertz CT molecular complexity index is 728. The second-order valence-electron chi connectivity index (χ2n) is 5.57. The number of nitro groups is 1. The Kier molecular flexibility index (Phi) is 5.52. The number of non-ortho nitro benzene ring substituents is 1. The van der Waals surface area contributed by atoms with Crippen molar-refractivity contribution in [1.82, 2.24) is 0 Å². The average molecular weight is 328 g/mol. The number of nitro benzene ring substituents is 1. The zero-order valence-electron chi connectivity index (χ0n) is 13.9. The largest absolute Gasteiger partial charge is 0.495 e. The van der Waals surface area contributed by atoms with Crippen LogP contribution in [0.4, 0.5) is 11.4 Å². The molecule has 2 aromatic carbocycles. The smallest absolute Gasteiger partial charge is 0.269 e. The second-order valence-corrected chi connectivity index (χ2v) is 5.57. The lowest BCUT2D eigenvalue weighted by atomic mass is 9.91. The molecule has 2 aromatic rings. The molecule has 2 atom stereocenters. The third-order valence-electron chi connectivity index (χ3n) is 4.02. The highest BCUT2D eigenvalue weighted by molar-refractivity contribution is 5.79. The highest BCUT2D eigenvalue weighted by atomic mass is 16.6. The number of anilines is 1. The van der Waals surface area contributed by atoms with Crippen LogP contribution in [0.1, 0.15) is 25.5 Å². The Morgan fingerprint density at radius 2 is 1.79 bits per heavy atom. The predicted molar refractivity (Wildman–Crippen MR) is 92.3 cm³/mol. The van der Waals surface area contributed by atoms with Gasteiger partial charge < -0.3 is 10.1 Å². The lowest BCUT2D eigenvalue weighted by Gasteiger charge is -2.26. The Hall–Kier alpha value is -2.89. The van der Waals surface area contributed by atoms with E-state index in [9.17, 15) is 14.9 Å². The van der Waals surface area contributed by atoms with Crippen LogP contribution in [-0.2, 0) is 4.79 Å². The Morgan fingerprint density at radius 3 is 2.33 bits per heavy atom. The van der Waals surface area contributed by atoms with Gasteiger partial charge >= 0.3 is 0 Å². The first-order valence-electron chi connectivity index (χ1n) is 7.58. The third kappa shape index (κ3) is 3.90. The molecular weight excluding hydrogens is 308 g/mol. The molecule has 0 saturated carbocycles. The molecule has 0 bridgehead atoms. The summed E-state index contributed by atoms with van der Waals surface area (Å²) in [6.07, 6.45) is 0. The van der Waals surface area contributed by atoms with Crippen molar-refractivity contribution in [3.63, 3.8) is 0 Å². The number of nitrogens with one attached hydrogen (secondary N) is 1. The van der Waals surface area contributed by atoms with Crippen LogP contribution in [0.3, 0.4) is 0 Å². The summed E-state index contributed by atoms with van der Waals surface area (Å²) in [5.74, 6) is 0.386. The Morgan fingerprint density at radius 1 is 1.17 bits per heavy atom. The van der Waals surface area contributed by atoms with Crippen LogP contribution in [-0.4, -0.2) is 17.8 Å². The molecule has 0 aliphatic carbocycles. The van der Waals surface area contributed by atoms with Gasteiger partial charge in [0.2, 0.25) is 0 Å². The van der Waals surface area contributed by atoms with E-state index in [-0.39, 0.29) is 23.4 Å². The van der Waals surface area contributed by atoms with Crippen LogP contribution < -0.4 is 10.1 Å². The Balaban J connectivity index is 2.38. The molecule has 0 spiro atoms. The highest BCUT2D eigenvalue weighted by Crippen LogP contribution is 2.32. The quantitative estimate of drug-likeness (QED) is 0.614. The predicted octanol–water partition coefficient (Wildman–Crippen LogP) is 3.98. The molecule has 0 amide bonds. The lowest BCUT2D eigenvalue weighted by Crippen LogP contribution is -2.24. The molecule has 24 heavy (non-hydrogen) atoms. The topological polar surface area (TPSA) is 81.5 Å². The van der Waals surface area contributed by atoms with E-state index in [1.807, 2.05) is 31.2 Å². The van der Waals surface area contributed by atoms with Crippen LogP contribution in [0.25, 0.3) is 0 Å². The SMILES string of the molecule is COc1ccccc1NC(c1ccc([N+](=O)[O-])cc1)C(C)C(C)=O. The van der Waals surface area contributed by atoms with E-state index in [1.54, 1.807) is 19.2 Å². The van der Waals surface area contributed by atoms with E-state index >= 15 is 0 Å². The summed E-state index contributed by atoms with van der Waals surface area (Å²) in [5, 5.41) is 14.1. The minimum Gasteiger partial charge on any atom is -0.495 e. The normalized spacial score (nSPS) is 13.0. The monoisotopic (exact) mass is 328 g/mol. The number of ether oxygens (including phenoxy) is 1. The molecule has 0 radical (unpaired) electrons. The van der Waals surface area contributed by atoms with Crippen molar-refractivity contribution in [2.24, 2.45) is 5.92 Å². The number of carbonyl (C=O) groups excluding carboxylic acids is 1. The fraction of sp³-hybridized carbons (Fsp3) is 0.278. The van der Waals surface area contributed by atoms with Crippen LogP contribution >= 0.6 is 0 Å². The van der Waals surface area contributed by atoms with Crippen molar-refractivity contribution in [3.8, 4) is 5.75 Å². The van der Waals surface area contributed by atoms with E-state index < -0.39 is 4.92 Å². The summed E-state index contributed by atoms with van der Waals surface area (Å²) >= 11 is 0. The first-order chi connectivity index (χ1) is 11.4. The number of carbonyl (C=O) groups is 1. The number of hydrogen-bond acceptors (Lipinski definition) is 5. The molecule has 0 aliphatic heterocycles. The van der Waals surface area contributed by atoms with Gasteiger partial charge in [-0.15, -0.1) is 0 Å². The van der Waals surface area contributed by atoms with Gasteiger partial charge in [0, 0.05) is 18.1 Å². The molecule has 0 aromatic heterocycles. The van der Waals surface area contributed by atoms with E-state index in [1.165, 1.54) is 19.1 Å². The Labute approximate surface area is 140 Å². The highest BCUT2D eigenvalue weighted by Gasteiger charge is 2.24. The molecular formula is C18H20N2O4. The van der Waals surface area contributed by atoms with Crippen molar-refractivity contribution >= 4 is 17.2 Å². The standard InChI is InChI=1S/C18H20N2O4/c1-12(13(2)21)18(14-8-10-15(11-9-14)20(22)23)19-16-6-4-5-7-17(16)24-3/h4-12,18-19H,1-3H3. The molecule has 126 valence electrons. The number of hydrogen-bond donors (Lipinski definition) is 1. The summed E-state index contributed by atoms with van der Waals surface area (Å²) in [6.45, 7) is 3.36. The van der Waals surface area contributed by atoms with Gasteiger partial charge in [-0.2, -0.15) is 0 Å².